The van der Waals surface area contributed by atoms with Crippen molar-refractivity contribution < 1.29 is 0 Å². The summed E-state index contributed by atoms with van der Waals surface area (Å²) in [7, 11) is 0. The molecule has 1 aromatic rings. The fourth-order valence-electron chi connectivity index (χ4n) is 3.21. The first-order valence-corrected chi connectivity index (χ1v) is 8.20. The average Bonchev–Trinajstić information content (AvgIpc) is 2.40. The minimum Gasteiger partial charge on any atom is -0.367 e. The molecular weight excluding hydrogens is 268 g/mol. The zero-order valence-electron chi connectivity index (χ0n) is 12.9. The number of anilines is 1. The van der Waals surface area contributed by atoms with E-state index >= 15 is 0 Å². The zero-order valence-corrected chi connectivity index (χ0v) is 13.7. The van der Waals surface area contributed by atoms with Crippen LogP contribution in [-0.2, 0) is 6.42 Å². The summed E-state index contributed by atoms with van der Waals surface area (Å²) in [5.41, 5.74) is 8.67. The Morgan fingerprint density at radius 2 is 2.15 bits per heavy atom. The molecule has 0 aromatic heterocycles. The molecule has 1 saturated heterocycles. The molecule has 20 heavy (non-hydrogen) atoms. The van der Waals surface area contributed by atoms with Crippen LogP contribution in [0.15, 0.2) is 18.2 Å². The van der Waals surface area contributed by atoms with E-state index in [1.807, 2.05) is 12.1 Å². The highest BCUT2D eigenvalue weighted by atomic mass is 35.5. The summed E-state index contributed by atoms with van der Waals surface area (Å²) in [5.74, 6) is 0.810. The van der Waals surface area contributed by atoms with Crippen LogP contribution < -0.4 is 10.6 Å². The molecule has 3 atom stereocenters. The maximum absolute atomic E-state index is 6.51. The van der Waals surface area contributed by atoms with Crippen molar-refractivity contribution in [1.29, 1.82) is 0 Å². The van der Waals surface area contributed by atoms with Crippen LogP contribution in [0, 0.1) is 5.92 Å². The van der Waals surface area contributed by atoms with E-state index in [1.165, 1.54) is 24.1 Å². The summed E-state index contributed by atoms with van der Waals surface area (Å²) in [6.07, 6.45) is 4.39. The topological polar surface area (TPSA) is 29.3 Å². The number of hydrogen-bond donors (Lipinski definition) is 1. The summed E-state index contributed by atoms with van der Waals surface area (Å²) in [6.45, 7) is 7.89. The Labute approximate surface area is 128 Å². The molecule has 0 saturated carbocycles. The van der Waals surface area contributed by atoms with Gasteiger partial charge in [0.15, 0.2) is 0 Å². The lowest BCUT2D eigenvalue weighted by Gasteiger charge is -2.40. The third-order valence-electron chi connectivity index (χ3n) is 4.50. The highest BCUT2D eigenvalue weighted by Crippen LogP contribution is 2.36. The lowest BCUT2D eigenvalue weighted by Crippen LogP contribution is -2.41. The highest BCUT2D eigenvalue weighted by Gasteiger charge is 2.26. The number of rotatable bonds is 4. The van der Waals surface area contributed by atoms with Crippen molar-refractivity contribution in [1.82, 2.24) is 0 Å². The van der Waals surface area contributed by atoms with Gasteiger partial charge in [-0.05, 0) is 50.2 Å². The Morgan fingerprint density at radius 1 is 1.40 bits per heavy atom. The van der Waals surface area contributed by atoms with Crippen LogP contribution in [0.5, 0.6) is 0 Å². The molecule has 1 aliphatic heterocycles. The summed E-state index contributed by atoms with van der Waals surface area (Å²) < 4.78 is 0. The van der Waals surface area contributed by atoms with Crippen molar-refractivity contribution in [3.05, 3.63) is 28.8 Å². The first-order valence-electron chi connectivity index (χ1n) is 7.82. The van der Waals surface area contributed by atoms with Gasteiger partial charge in [-0.15, -0.1) is 0 Å². The van der Waals surface area contributed by atoms with Gasteiger partial charge in [0.2, 0.25) is 0 Å². The molecule has 2 nitrogen and oxygen atoms in total. The van der Waals surface area contributed by atoms with Crippen LogP contribution in [-0.4, -0.2) is 18.6 Å². The normalized spacial score (nSPS) is 24.8. The fourth-order valence-corrected chi connectivity index (χ4v) is 3.52. The molecule has 1 fully saturated rings. The third kappa shape index (κ3) is 3.48. The fraction of sp³-hybridized carbons (Fsp3) is 0.647. The quantitative estimate of drug-likeness (QED) is 0.900. The first-order chi connectivity index (χ1) is 9.52. The van der Waals surface area contributed by atoms with E-state index in [0.29, 0.717) is 6.04 Å². The number of piperidine rings is 1. The van der Waals surface area contributed by atoms with Gasteiger partial charge in [0, 0.05) is 18.6 Å². The van der Waals surface area contributed by atoms with Gasteiger partial charge in [-0.25, -0.2) is 0 Å². The zero-order chi connectivity index (χ0) is 14.7. The van der Waals surface area contributed by atoms with Gasteiger partial charge < -0.3 is 10.6 Å². The maximum Gasteiger partial charge on any atom is 0.0642 e. The van der Waals surface area contributed by atoms with Gasteiger partial charge in [0.1, 0.15) is 0 Å². The Bertz CT molecular complexity index is 447. The smallest absolute Gasteiger partial charge is 0.0642 e. The Hall–Kier alpha value is -0.730. The number of para-hydroxylation sites is 1. The predicted octanol–water partition coefficient (Wildman–Crippen LogP) is 4.24. The minimum absolute atomic E-state index is 0.214. The van der Waals surface area contributed by atoms with Crippen molar-refractivity contribution in [2.45, 2.75) is 58.5 Å². The molecule has 0 radical (unpaired) electrons. The van der Waals surface area contributed by atoms with Crippen LogP contribution in [0.4, 0.5) is 5.69 Å². The van der Waals surface area contributed by atoms with Crippen LogP contribution in [0.2, 0.25) is 5.02 Å². The van der Waals surface area contributed by atoms with E-state index in [4.69, 9.17) is 17.3 Å². The Kier molecular flexibility index (Phi) is 5.34. The summed E-state index contributed by atoms with van der Waals surface area (Å²) in [4.78, 5) is 2.49. The van der Waals surface area contributed by atoms with Gasteiger partial charge >= 0.3 is 0 Å². The van der Waals surface area contributed by atoms with Crippen molar-refractivity contribution in [2.24, 2.45) is 11.7 Å². The number of nitrogens with two attached hydrogens (primary N) is 1. The van der Waals surface area contributed by atoms with Crippen LogP contribution in [0.3, 0.4) is 0 Å². The van der Waals surface area contributed by atoms with E-state index in [9.17, 15) is 0 Å². The number of nitrogens with zero attached hydrogens (tertiary/aromatic N) is 1. The van der Waals surface area contributed by atoms with E-state index in [2.05, 4.69) is 31.7 Å². The van der Waals surface area contributed by atoms with Gasteiger partial charge in [-0.1, -0.05) is 37.6 Å². The van der Waals surface area contributed by atoms with Crippen molar-refractivity contribution in [3.8, 4) is 0 Å². The number of halogens is 1. The van der Waals surface area contributed by atoms with E-state index in [0.717, 1.165) is 30.3 Å². The van der Waals surface area contributed by atoms with E-state index in [1.54, 1.807) is 0 Å². The molecule has 112 valence electrons. The van der Waals surface area contributed by atoms with Crippen LogP contribution in [0.1, 0.15) is 45.6 Å². The molecule has 3 heteroatoms. The first kappa shape index (κ1) is 15.7. The maximum atomic E-state index is 6.51. The second-order valence-corrected chi connectivity index (χ2v) is 6.70. The third-order valence-corrected chi connectivity index (χ3v) is 4.81. The molecular formula is C17H27ClN2. The van der Waals surface area contributed by atoms with E-state index in [-0.39, 0.29) is 6.04 Å². The Morgan fingerprint density at radius 3 is 2.80 bits per heavy atom. The second kappa shape index (κ2) is 6.82. The standard InChI is InChI=1S/C17H27ClN2/c1-4-15(19)11-14-6-5-7-16(18)17(14)20-9-8-12(2)10-13(20)3/h5-7,12-13,15H,4,8-11,19H2,1-3H3. The molecule has 2 N–H and O–H groups in total. The van der Waals surface area contributed by atoms with Crippen molar-refractivity contribution in [3.63, 3.8) is 0 Å². The molecule has 1 heterocycles. The van der Waals surface area contributed by atoms with Gasteiger partial charge in [-0.2, -0.15) is 0 Å². The van der Waals surface area contributed by atoms with Gasteiger partial charge in [0.25, 0.3) is 0 Å². The lowest BCUT2D eigenvalue weighted by atomic mass is 9.91. The number of benzene rings is 1. The average molecular weight is 295 g/mol. The molecule has 0 amide bonds. The molecule has 2 rings (SSSR count). The molecule has 1 aliphatic rings. The van der Waals surface area contributed by atoms with E-state index < -0.39 is 0 Å². The molecule has 0 aliphatic carbocycles. The molecule has 3 unspecified atom stereocenters. The minimum atomic E-state index is 0.214. The molecule has 1 aromatic carbocycles. The predicted molar refractivity (Wildman–Crippen MR) is 88.6 cm³/mol. The SMILES string of the molecule is CCC(N)Cc1cccc(Cl)c1N1CCC(C)CC1C. The monoisotopic (exact) mass is 294 g/mol. The second-order valence-electron chi connectivity index (χ2n) is 6.29. The van der Waals surface area contributed by atoms with Gasteiger partial charge in [0.05, 0.1) is 10.7 Å². The molecule has 0 spiro atoms. The van der Waals surface area contributed by atoms with Crippen molar-refractivity contribution >= 4 is 17.3 Å². The highest BCUT2D eigenvalue weighted by molar-refractivity contribution is 6.33. The largest absolute Gasteiger partial charge is 0.367 e. The summed E-state index contributed by atoms with van der Waals surface area (Å²) in [6, 6.07) is 6.99. The lowest BCUT2D eigenvalue weighted by molar-refractivity contribution is 0.377. The summed E-state index contributed by atoms with van der Waals surface area (Å²) in [5, 5.41) is 0.868. The number of hydrogen-bond acceptors (Lipinski definition) is 2. The summed E-state index contributed by atoms with van der Waals surface area (Å²) >= 11 is 6.51. The van der Waals surface area contributed by atoms with Crippen LogP contribution in [0.25, 0.3) is 0 Å². The van der Waals surface area contributed by atoms with Gasteiger partial charge in [-0.3, -0.25) is 0 Å². The van der Waals surface area contributed by atoms with Crippen molar-refractivity contribution in [2.75, 3.05) is 11.4 Å². The van der Waals surface area contributed by atoms with Crippen LogP contribution >= 0.6 is 11.6 Å². The Balaban J connectivity index is 2.29. The molecule has 0 bridgehead atoms.